The zero-order chi connectivity index (χ0) is 19.9. The van der Waals surface area contributed by atoms with Gasteiger partial charge in [0.15, 0.2) is 0 Å². The summed E-state index contributed by atoms with van der Waals surface area (Å²) in [5.74, 6) is -0.209. The topological polar surface area (TPSA) is 84.5 Å². The quantitative estimate of drug-likeness (QED) is 0.689. The molecule has 0 radical (unpaired) electrons. The fourth-order valence-electron chi connectivity index (χ4n) is 2.58. The molecular formula is C20H26N2O4S. The van der Waals surface area contributed by atoms with Gasteiger partial charge in [0.25, 0.3) is 0 Å². The van der Waals surface area contributed by atoms with Crippen molar-refractivity contribution in [2.75, 3.05) is 13.7 Å². The van der Waals surface area contributed by atoms with E-state index in [0.717, 1.165) is 16.7 Å². The van der Waals surface area contributed by atoms with Crippen LogP contribution in [-0.4, -0.2) is 28.0 Å². The SMILES string of the molecule is COCc1ccc(CNC(=O)CCNS(=O)(=O)c2cc(C)ccc2C)cc1. The smallest absolute Gasteiger partial charge is 0.240 e. The Labute approximate surface area is 161 Å². The second-order valence-electron chi connectivity index (χ2n) is 6.44. The van der Waals surface area contributed by atoms with E-state index < -0.39 is 10.0 Å². The summed E-state index contributed by atoms with van der Waals surface area (Å²) in [4.78, 5) is 12.2. The lowest BCUT2D eigenvalue weighted by Gasteiger charge is -2.10. The molecule has 146 valence electrons. The Morgan fingerprint density at radius 2 is 1.70 bits per heavy atom. The molecule has 0 spiro atoms. The van der Waals surface area contributed by atoms with E-state index in [9.17, 15) is 13.2 Å². The standard InChI is InChI=1S/C20H26N2O4S/c1-15-4-5-16(2)19(12-15)27(24,25)22-11-10-20(23)21-13-17-6-8-18(9-7-17)14-26-3/h4-9,12,22H,10-11,13-14H2,1-3H3,(H,21,23). The third-order valence-corrected chi connectivity index (χ3v) is 5.70. The normalized spacial score (nSPS) is 11.4. The summed E-state index contributed by atoms with van der Waals surface area (Å²) in [5.41, 5.74) is 3.58. The number of rotatable bonds is 9. The van der Waals surface area contributed by atoms with E-state index in [1.807, 2.05) is 37.3 Å². The highest BCUT2D eigenvalue weighted by Crippen LogP contribution is 2.16. The molecule has 0 bridgehead atoms. The molecule has 0 atom stereocenters. The number of ether oxygens (including phenoxy) is 1. The van der Waals surface area contributed by atoms with Gasteiger partial charge >= 0.3 is 0 Å². The van der Waals surface area contributed by atoms with Gasteiger partial charge in [0.2, 0.25) is 15.9 Å². The van der Waals surface area contributed by atoms with Gasteiger partial charge in [0.1, 0.15) is 0 Å². The minimum atomic E-state index is -3.63. The number of hydrogen-bond acceptors (Lipinski definition) is 4. The van der Waals surface area contributed by atoms with E-state index in [1.165, 1.54) is 0 Å². The third-order valence-electron chi connectivity index (χ3n) is 4.10. The summed E-state index contributed by atoms with van der Waals surface area (Å²) in [5, 5.41) is 2.79. The van der Waals surface area contributed by atoms with Crippen molar-refractivity contribution in [3.63, 3.8) is 0 Å². The molecule has 0 aliphatic carbocycles. The van der Waals surface area contributed by atoms with E-state index in [2.05, 4.69) is 10.0 Å². The molecule has 2 aromatic rings. The molecule has 1 amide bonds. The van der Waals surface area contributed by atoms with Crippen LogP contribution in [0, 0.1) is 13.8 Å². The van der Waals surface area contributed by atoms with Gasteiger partial charge in [-0.3, -0.25) is 4.79 Å². The van der Waals surface area contributed by atoms with E-state index in [4.69, 9.17) is 4.74 Å². The first kappa shape index (κ1) is 21.1. The maximum Gasteiger partial charge on any atom is 0.240 e. The summed E-state index contributed by atoms with van der Waals surface area (Å²) in [7, 11) is -1.99. The Bertz CT molecular complexity index is 877. The van der Waals surface area contributed by atoms with Crippen LogP contribution in [0.3, 0.4) is 0 Å². The lowest BCUT2D eigenvalue weighted by Crippen LogP contribution is -2.31. The van der Waals surface area contributed by atoms with Gasteiger partial charge in [0.05, 0.1) is 11.5 Å². The maximum absolute atomic E-state index is 12.4. The predicted molar refractivity (Wildman–Crippen MR) is 105 cm³/mol. The molecule has 0 aromatic heterocycles. The number of carbonyl (C=O) groups is 1. The lowest BCUT2D eigenvalue weighted by molar-refractivity contribution is -0.121. The number of nitrogens with one attached hydrogen (secondary N) is 2. The van der Waals surface area contributed by atoms with Crippen LogP contribution < -0.4 is 10.0 Å². The molecule has 0 fully saturated rings. The van der Waals surface area contributed by atoms with Gasteiger partial charge < -0.3 is 10.1 Å². The second kappa shape index (κ2) is 9.64. The molecular weight excluding hydrogens is 364 g/mol. The average Bonchev–Trinajstić information content (AvgIpc) is 2.63. The molecule has 0 unspecified atom stereocenters. The molecule has 0 heterocycles. The molecule has 2 N–H and O–H groups in total. The van der Waals surface area contributed by atoms with Crippen LogP contribution in [-0.2, 0) is 32.7 Å². The van der Waals surface area contributed by atoms with Gasteiger partial charge in [-0.25, -0.2) is 13.1 Å². The molecule has 0 aliphatic heterocycles. The zero-order valence-corrected chi connectivity index (χ0v) is 16.7. The van der Waals surface area contributed by atoms with Gasteiger partial charge in [-0.2, -0.15) is 0 Å². The predicted octanol–water partition coefficient (Wildman–Crippen LogP) is 2.43. The molecule has 27 heavy (non-hydrogen) atoms. The molecule has 2 rings (SSSR count). The molecule has 0 saturated carbocycles. The molecule has 0 saturated heterocycles. The number of aryl methyl sites for hydroxylation is 2. The van der Waals surface area contributed by atoms with Crippen LogP contribution >= 0.6 is 0 Å². The Balaban J connectivity index is 1.80. The van der Waals surface area contributed by atoms with Gasteiger partial charge in [-0.1, -0.05) is 36.4 Å². The number of benzene rings is 2. The second-order valence-corrected chi connectivity index (χ2v) is 8.18. The van der Waals surface area contributed by atoms with Crippen LogP contribution in [0.4, 0.5) is 0 Å². The fourth-order valence-corrected chi connectivity index (χ4v) is 3.94. The summed E-state index contributed by atoms with van der Waals surface area (Å²) in [6, 6.07) is 13.0. The highest BCUT2D eigenvalue weighted by molar-refractivity contribution is 7.89. The van der Waals surface area contributed by atoms with Crippen LogP contribution in [0.5, 0.6) is 0 Å². The molecule has 6 nitrogen and oxygen atoms in total. The Hall–Kier alpha value is -2.22. The van der Waals surface area contributed by atoms with Gasteiger partial charge in [0, 0.05) is 26.6 Å². The lowest BCUT2D eigenvalue weighted by atomic mass is 10.1. The molecule has 2 aromatic carbocycles. The Kier molecular flexibility index (Phi) is 7.53. The van der Waals surface area contributed by atoms with Crippen molar-refractivity contribution in [2.45, 2.75) is 38.3 Å². The van der Waals surface area contributed by atoms with Crippen molar-refractivity contribution in [2.24, 2.45) is 0 Å². The number of amides is 1. The van der Waals surface area contributed by atoms with Crippen molar-refractivity contribution < 1.29 is 17.9 Å². The highest BCUT2D eigenvalue weighted by Gasteiger charge is 2.16. The van der Waals surface area contributed by atoms with Crippen LogP contribution in [0.15, 0.2) is 47.4 Å². The molecule has 0 aliphatic rings. The largest absolute Gasteiger partial charge is 0.380 e. The summed E-state index contributed by atoms with van der Waals surface area (Å²) < 4.78 is 32.3. The number of methoxy groups -OCH3 is 1. The van der Waals surface area contributed by atoms with Gasteiger partial charge in [-0.05, 0) is 42.2 Å². The van der Waals surface area contributed by atoms with Crippen molar-refractivity contribution in [1.82, 2.24) is 10.0 Å². The number of hydrogen-bond donors (Lipinski definition) is 2. The van der Waals surface area contributed by atoms with Crippen LogP contribution in [0.1, 0.15) is 28.7 Å². The maximum atomic E-state index is 12.4. The monoisotopic (exact) mass is 390 g/mol. The Morgan fingerprint density at radius 3 is 2.37 bits per heavy atom. The van der Waals surface area contributed by atoms with E-state index in [-0.39, 0.29) is 23.8 Å². The van der Waals surface area contributed by atoms with Crippen LogP contribution in [0.2, 0.25) is 0 Å². The van der Waals surface area contributed by atoms with Crippen molar-refractivity contribution >= 4 is 15.9 Å². The fraction of sp³-hybridized carbons (Fsp3) is 0.350. The van der Waals surface area contributed by atoms with E-state index >= 15 is 0 Å². The minimum absolute atomic E-state index is 0.0499. The zero-order valence-electron chi connectivity index (χ0n) is 15.9. The summed E-state index contributed by atoms with van der Waals surface area (Å²) in [6.07, 6.45) is 0.0752. The van der Waals surface area contributed by atoms with Crippen molar-refractivity contribution in [3.8, 4) is 0 Å². The Morgan fingerprint density at radius 1 is 1.04 bits per heavy atom. The van der Waals surface area contributed by atoms with Gasteiger partial charge in [-0.15, -0.1) is 0 Å². The molecule has 7 heteroatoms. The highest BCUT2D eigenvalue weighted by atomic mass is 32.2. The first-order chi connectivity index (χ1) is 12.8. The van der Waals surface area contributed by atoms with E-state index in [0.29, 0.717) is 18.7 Å². The van der Waals surface area contributed by atoms with Crippen molar-refractivity contribution in [3.05, 3.63) is 64.7 Å². The first-order valence-corrected chi connectivity index (χ1v) is 10.2. The number of sulfonamides is 1. The summed E-state index contributed by atoms with van der Waals surface area (Å²) >= 11 is 0. The number of carbonyl (C=O) groups excluding carboxylic acids is 1. The average molecular weight is 391 g/mol. The first-order valence-electron chi connectivity index (χ1n) is 8.72. The van der Waals surface area contributed by atoms with Crippen LogP contribution in [0.25, 0.3) is 0 Å². The minimum Gasteiger partial charge on any atom is -0.380 e. The van der Waals surface area contributed by atoms with Crippen molar-refractivity contribution in [1.29, 1.82) is 0 Å². The summed E-state index contributed by atoms with van der Waals surface area (Å²) in [6.45, 7) is 4.59. The van der Waals surface area contributed by atoms with E-state index in [1.54, 1.807) is 26.2 Å². The third kappa shape index (κ3) is 6.46.